The van der Waals surface area contributed by atoms with Gasteiger partial charge >= 0.3 is 0 Å². The fraction of sp³-hybridized carbons (Fsp3) is 0.0714. The molecule has 4 heteroatoms. The highest BCUT2D eigenvalue weighted by molar-refractivity contribution is 7.00. The van der Waals surface area contributed by atoms with Crippen molar-refractivity contribution in [2.45, 2.75) is 33.1 Å². The highest BCUT2D eigenvalue weighted by atomic mass is 15.2. The first-order chi connectivity index (χ1) is 40.5. The van der Waals surface area contributed by atoms with Gasteiger partial charge in [0.15, 0.2) is 0 Å². The second-order valence-electron chi connectivity index (χ2n) is 20.2. The number of para-hydroxylation sites is 1. The molecule has 74 heavy (non-hydrogen) atoms. The molecule has 1 atom stereocenters. The van der Waals surface area contributed by atoms with Gasteiger partial charge in [-0.2, -0.15) is 0 Å². The van der Waals surface area contributed by atoms with E-state index in [9.17, 15) is 0 Å². The van der Waals surface area contributed by atoms with Gasteiger partial charge in [-0.05, 0) is 183 Å². The number of aryl methyl sites for hydroxylation is 4. The Kier molecular flexibility index (Phi) is 7.27. The molecule has 11 aromatic rings. The molecular weight excluding hydrogens is 894 g/mol. The van der Waals surface area contributed by atoms with Crippen LogP contribution < -0.4 is 26.2 Å². The van der Waals surface area contributed by atoms with Crippen molar-refractivity contribution < 1.29 is 13.7 Å². The minimum atomic E-state index is -0.814. The second-order valence-corrected chi connectivity index (χ2v) is 20.2. The summed E-state index contributed by atoms with van der Waals surface area (Å²) in [5, 5.41) is 0. The second kappa shape index (κ2) is 16.0. The first-order valence-corrected chi connectivity index (χ1v) is 25.1. The van der Waals surface area contributed by atoms with E-state index in [1.807, 2.05) is 6.07 Å². The van der Waals surface area contributed by atoms with Crippen LogP contribution in [-0.4, -0.2) is 11.7 Å². The Labute approximate surface area is 447 Å². The zero-order valence-corrected chi connectivity index (χ0v) is 41.1. The van der Waals surface area contributed by atoms with Gasteiger partial charge in [-0.3, -0.25) is 0 Å². The average Bonchev–Trinajstić information content (AvgIpc) is 1.55. The summed E-state index contributed by atoms with van der Waals surface area (Å²) in [7, 11) is 0. The van der Waals surface area contributed by atoms with E-state index < -0.39 is 65.8 Å². The highest BCUT2D eigenvalue weighted by Crippen LogP contribution is 2.64. The Morgan fingerprint density at radius 2 is 1.00 bits per heavy atom. The number of rotatable bonds is 5. The summed E-state index contributed by atoms with van der Waals surface area (Å²) in [4.78, 5) is 10.0. The number of nitrogens with zero attached hydrogens (tertiary/aromatic N) is 3. The molecule has 2 aliphatic carbocycles. The number of anilines is 6. The Hall–Kier alpha value is -8.99. The fourth-order valence-corrected chi connectivity index (χ4v) is 12.9. The Morgan fingerprint density at radius 1 is 0.392 bits per heavy atom. The van der Waals surface area contributed by atoms with E-state index >= 15 is 0 Å². The van der Waals surface area contributed by atoms with Crippen molar-refractivity contribution in [3.05, 3.63) is 275 Å². The van der Waals surface area contributed by atoms with Crippen molar-refractivity contribution in [2.24, 2.45) is 0 Å². The summed E-state index contributed by atoms with van der Waals surface area (Å²) < 4.78 is 87.3. The van der Waals surface area contributed by atoms with Crippen molar-refractivity contribution in [2.75, 3.05) is 9.80 Å². The number of benzene rings is 10. The van der Waals surface area contributed by atoms with E-state index in [1.165, 1.54) is 33.6 Å². The van der Waals surface area contributed by atoms with Crippen molar-refractivity contribution >= 4 is 57.2 Å². The van der Waals surface area contributed by atoms with Gasteiger partial charge in [0.1, 0.15) is 0 Å². The zero-order valence-electron chi connectivity index (χ0n) is 51.1. The van der Waals surface area contributed by atoms with E-state index in [-0.39, 0.29) is 29.1 Å². The minimum absolute atomic E-state index is 0.00667. The maximum Gasteiger partial charge on any atom is 0.252 e. The molecule has 348 valence electrons. The van der Waals surface area contributed by atoms with Gasteiger partial charge in [0, 0.05) is 45.3 Å². The molecule has 3 nitrogen and oxygen atoms in total. The molecule has 15 rings (SSSR count). The molecule has 3 heterocycles. The fourth-order valence-electron chi connectivity index (χ4n) is 12.9. The van der Waals surface area contributed by atoms with Gasteiger partial charge in [-0.1, -0.05) is 170 Å². The van der Waals surface area contributed by atoms with Crippen molar-refractivity contribution in [3.63, 3.8) is 0 Å². The maximum atomic E-state index is 9.04. The summed E-state index contributed by atoms with van der Waals surface area (Å²) >= 11 is 0. The molecule has 2 aliphatic heterocycles. The lowest BCUT2D eigenvalue weighted by atomic mass is 9.33. The summed E-state index contributed by atoms with van der Waals surface area (Å²) in [5.74, 6) is 0. The van der Waals surface area contributed by atoms with E-state index in [0.29, 0.717) is 11.3 Å². The number of hydrogen-bond donors (Lipinski definition) is 0. The molecule has 0 fully saturated rings. The molecule has 0 bridgehead atoms. The number of fused-ring (bicyclic) bond motifs is 14. The van der Waals surface area contributed by atoms with Crippen LogP contribution in [-0.2, 0) is 5.41 Å². The first kappa shape index (κ1) is 33.6. The Balaban J connectivity index is 0.993. The molecule has 1 unspecified atom stereocenters. The van der Waals surface area contributed by atoms with Crippen molar-refractivity contribution in [3.8, 4) is 55.9 Å². The molecular formula is C70H50BN3. The third-order valence-corrected chi connectivity index (χ3v) is 15.9. The van der Waals surface area contributed by atoms with Crippen LogP contribution in [0, 0.1) is 27.7 Å². The Morgan fingerprint density at radius 3 is 1.73 bits per heavy atom. The molecule has 0 radical (unpaired) electrons. The summed E-state index contributed by atoms with van der Waals surface area (Å²) in [6.45, 7) is 8.59. The van der Waals surface area contributed by atoms with Crippen molar-refractivity contribution in [1.82, 2.24) is 4.98 Å². The largest absolute Gasteiger partial charge is 0.311 e. The molecule has 0 amide bonds. The van der Waals surface area contributed by atoms with Gasteiger partial charge in [-0.15, -0.1) is 0 Å². The topological polar surface area (TPSA) is 19.4 Å². The van der Waals surface area contributed by atoms with Gasteiger partial charge < -0.3 is 9.80 Å². The Bertz CT molecular complexity index is 4640. The number of aromatic nitrogens is 1. The van der Waals surface area contributed by atoms with Crippen molar-refractivity contribution in [1.29, 1.82) is 0 Å². The first-order valence-electron chi connectivity index (χ1n) is 30.1. The number of hydrogen-bond acceptors (Lipinski definition) is 3. The van der Waals surface area contributed by atoms with Gasteiger partial charge in [-0.25, -0.2) is 4.98 Å². The third-order valence-electron chi connectivity index (χ3n) is 15.9. The van der Waals surface area contributed by atoms with E-state index in [2.05, 4.69) is 189 Å². The lowest BCUT2D eigenvalue weighted by Gasteiger charge is -2.45. The van der Waals surface area contributed by atoms with Gasteiger partial charge in [0.25, 0.3) is 6.71 Å². The van der Waals surface area contributed by atoms with E-state index in [1.54, 1.807) is 6.07 Å². The van der Waals surface area contributed by atoms with E-state index in [4.69, 9.17) is 18.7 Å². The van der Waals surface area contributed by atoms with Crippen LogP contribution in [0.25, 0.3) is 55.9 Å². The predicted octanol–water partition coefficient (Wildman–Crippen LogP) is 15.7. The molecule has 4 aliphatic rings. The lowest BCUT2D eigenvalue weighted by Crippen LogP contribution is -2.61. The summed E-state index contributed by atoms with van der Waals surface area (Å²) in [5.41, 5.74) is 23.8. The van der Waals surface area contributed by atoms with Gasteiger partial charge in [0.2, 0.25) is 0 Å². The predicted molar refractivity (Wildman–Crippen MR) is 310 cm³/mol. The van der Waals surface area contributed by atoms with Gasteiger partial charge in [0.05, 0.1) is 30.5 Å². The smallest absolute Gasteiger partial charge is 0.252 e. The highest BCUT2D eigenvalue weighted by Gasteiger charge is 2.53. The molecule has 10 aromatic carbocycles. The monoisotopic (exact) mass is 953 g/mol. The third kappa shape index (κ3) is 6.06. The quantitative estimate of drug-likeness (QED) is 0.160. The SMILES string of the molecule is [2H]c1c([2H])c([2H])c(-c2cc(-c3ccc4c(c3)-c3ccccc3C43c4ccccc4-c4cc5c(cc43)N(c3ccccc3C)c3cc(C)cc4c3B5c3ccc(C)cc3N4c3cccc(C)c3)nc(-c3c([2H])c([2H])c([2H])c([2H])c3[2H])c2)c([2H])c1[2H]. The standard InChI is InChI=1S/C70H50BN3/c1-43-18-17-24-51(34-43)73-65-35-44(2)30-33-60(65)71-61-41-55-53-26-13-15-28-57(53)70(59(55)42-66(61)74(64-29-16-11-19-46(64)4)68-37-45(3)36-67(73)69(68)71)56-27-14-12-25-52(56)54-38-49(31-32-58(54)70)63-40-50(47-20-7-5-8-21-47)39-62(72-63)48-22-9-6-10-23-48/h5-42H,1-4H3/i5D,6D,7D,8D,9D,10D,20D,21D,22D,23D. The number of pyridine rings is 1. The van der Waals surface area contributed by atoms with Crippen LogP contribution in [0.2, 0.25) is 0 Å². The lowest BCUT2D eigenvalue weighted by molar-refractivity contribution is 0.794. The maximum absolute atomic E-state index is 9.04. The average molecular weight is 954 g/mol. The van der Waals surface area contributed by atoms with Crippen LogP contribution in [0.4, 0.5) is 34.1 Å². The summed E-state index contributed by atoms with van der Waals surface area (Å²) in [6, 6.07) is 55.6. The van der Waals surface area contributed by atoms with Crippen LogP contribution in [0.15, 0.2) is 230 Å². The molecule has 1 aromatic heterocycles. The van der Waals surface area contributed by atoms with Crippen LogP contribution in [0.5, 0.6) is 0 Å². The van der Waals surface area contributed by atoms with E-state index in [0.717, 1.165) is 89.8 Å². The van der Waals surface area contributed by atoms with Crippen LogP contribution in [0.1, 0.15) is 58.2 Å². The van der Waals surface area contributed by atoms with Crippen LogP contribution in [0.3, 0.4) is 0 Å². The normalized spacial score (nSPS) is 16.9. The molecule has 0 saturated heterocycles. The molecule has 1 spiro atoms. The summed E-state index contributed by atoms with van der Waals surface area (Å²) in [6.07, 6.45) is 0. The zero-order chi connectivity index (χ0) is 58.1. The molecule has 0 saturated carbocycles. The van der Waals surface area contributed by atoms with Crippen LogP contribution >= 0.6 is 0 Å². The molecule has 0 N–H and O–H groups in total. The minimum Gasteiger partial charge on any atom is -0.311 e.